The van der Waals surface area contributed by atoms with Crippen LogP contribution in [0.25, 0.3) is 10.6 Å². The molecule has 3 aromatic rings. The van der Waals surface area contributed by atoms with Crippen molar-refractivity contribution < 1.29 is 28.6 Å². The molecule has 3 N–H and O–H groups in total. The van der Waals surface area contributed by atoms with Crippen molar-refractivity contribution in [1.82, 2.24) is 10.6 Å². The second-order valence-electron chi connectivity index (χ2n) is 6.28. The average Bonchev–Trinajstić information content (AvgIpc) is 3.49. The molecular weight excluding hydrogens is 396 g/mol. The lowest BCUT2D eigenvalue weighted by atomic mass is 10.2. The Morgan fingerprint density at radius 1 is 1.07 bits per heavy atom. The summed E-state index contributed by atoms with van der Waals surface area (Å²) in [4.78, 5) is 24.9. The smallest absolute Gasteiger partial charge is 0.309 e. The zero-order valence-electron chi connectivity index (χ0n) is 15.2. The van der Waals surface area contributed by atoms with Gasteiger partial charge < -0.3 is 29.6 Å². The van der Waals surface area contributed by atoms with Crippen molar-refractivity contribution in [3.63, 3.8) is 0 Å². The first-order chi connectivity index (χ1) is 14.1. The van der Waals surface area contributed by atoms with Crippen LogP contribution in [0.3, 0.4) is 0 Å². The van der Waals surface area contributed by atoms with E-state index < -0.39 is 17.9 Å². The summed E-state index contributed by atoms with van der Waals surface area (Å²) in [6, 6.07) is 12.5. The molecule has 0 bridgehead atoms. The molecular formula is C20H18N2O6S. The van der Waals surface area contributed by atoms with E-state index in [9.17, 15) is 14.7 Å². The first-order valence-electron chi connectivity index (χ1n) is 8.86. The summed E-state index contributed by atoms with van der Waals surface area (Å²) in [5, 5.41) is 17.0. The number of carbonyl (C=O) groups excluding carboxylic acids is 2. The Kier molecular flexibility index (Phi) is 5.50. The maximum atomic E-state index is 12.0. The van der Waals surface area contributed by atoms with Gasteiger partial charge in [0.25, 0.3) is 0 Å². The summed E-state index contributed by atoms with van der Waals surface area (Å²) in [5.41, 5.74) is 0.770. The zero-order valence-corrected chi connectivity index (χ0v) is 16.0. The van der Waals surface area contributed by atoms with E-state index in [-0.39, 0.29) is 19.9 Å². The highest BCUT2D eigenvalue weighted by molar-refractivity contribution is 7.13. The molecule has 0 saturated carbocycles. The molecule has 1 aliphatic rings. The predicted molar refractivity (Wildman–Crippen MR) is 104 cm³/mol. The van der Waals surface area contributed by atoms with Gasteiger partial charge >= 0.3 is 11.8 Å². The Labute approximate surface area is 170 Å². The van der Waals surface area contributed by atoms with Gasteiger partial charge in [0, 0.05) is 6.54 Å². The van der Waals surface area contributed by atoms with Crippen molar-refractivity contribution in [3.05, 3.63) is 59.2 Å². The summed E-state index contributed by atoms with van der Waals surface area (Å²) in [6.45, 7) is 0.182. The third-order valence-corrected chi connectivity index (χ3v) is 5.16. The molecule has 2 amide bonds. The molecule has 2 aromatic heterocycles. The van der Waals surface area contributed by atoms with E-state index >= 15 is 0 Å². The number of nitrogens with one attached hydrogen (secondary N) is 2. The van der Waals surface area contributed by atoms with E-state index in [1.807, 2.05) is 17.5 Å². The molecule has 8 nitrogen and oxygen atoms in total. The van der Waals surface area contributed by atoms with Gasteiger partial charge in [-0.05, 0) is 41.3 Å². The first-order valence-corrected chi connectivity index (χ1v) is 9.74. The summed E-state index contributed by atoms with van der Waals surface area (Å²) in [6.07, 6.45) is -1.06. The number of hydrogen-bond donors (Lipinski definition) is 3. The lowest BCUT2D eigenvalue weighted by molar-refractivity contribution is -0.139. The Morgan fingerprint density at radius 2 is 1.90 bits per heavy atom. The zero-order chi connectivity index (χ0) is 20.2. The second-order valence-corrected chi connectivity index (χ2v) is 7.22. The van der Waals surface area contributed by atoms with Gasteiger partial charge in [0.2, 0.25) is 6.79 Å². The minimum Gasteiger partial charge on any atom is -0.457 e. The van der Waals surface area contributed by atoms with Crippen LogP contribution in [0.5, 0.6) is 11.5 Å². The molecule has 150 valence electrons. The number of benzene rings is 1. The fraction of sp³-hybridized carbons (Fsp3) is 0.200. The SMILES string of the molecule is O=C(NCc1ccc2c(c1)OCO2)C(=O)NCC(O)c1ccc(-c2cccs2)o1. The van der Waals surface area contributed by atoms with Gasteiger partial charge in [-0.3, -0.25) is 9.59 Å². The highest BCUT2D eigenvalue weighted by Crippen LogP contribution is 2.32. The molecule has 1 atom stereocenters. The number of furan rings is 1. The Hall–Kier alpha value is -3.30. The number of aliphatic hydroxyl groups is 1. The topological polar surface area (TPSA) is 110 Å². The van der Waals surface area contributed by atoms with Gasteiger partial charge in [0.1, 0.15) is 17.6 Å². The van der Waals surface area contributed by atoms with Crippen LogP contribution in [0, 0.1) is 0 Å². The van der Waals surface area contributed by atoms with Gasteiger partial charge in [-0.1, -0.05) is 12.1 Å². The Bertz CT molecular complexity index is 1010. The normalized spacial score (nSPS) is 13.1. The molecule has 0 fully saturated rings. The summed E-state index contributed by atoms with van der Waals surface area (Å²) < 4.78 is 16.1. The third-order valence-electron chi connectivity index (χ3n) is 4.27. The lowest BCUT2D eigenvalue weighted by Gasteiger charge is -2.10. The van der Waals surface area contributed by atoms with Gasteiger partial charge in [0.15, 0.2) is 11.5 Å². The van der Waals surface area contributed by atoms with E-state index in [1.165, 1.54) is 11.3 Å². The van der Waals surface area contributed by atoms with Crippen molar-refractivity contribution in [1.29, 1.82) is 0 Å². The molecule has 0 saturated heterocycles. The van der Waals surface area contributed by atoms with Crippen LogP contribution >= 0.6 is 11.3 Å². The number of aliphatic hydroxyl groups excluding tert-OH is 1. The molecule has 4 rings (SSSR count). The van der Waals surface area contributed by atoms with Crippen LogP contribution in [0.15, 0.2) is 52.3 Å². The third kappa shape index (κ3) is 4.41. The van der Waals surface area contributed by atoms with Gasteiger partial charge in [-0.25, -0.2) is 0 Å². The fourth-order valence-electron chi connectivity index (χ4n) is 2.77. The van der Waals surface area contributed by atoms with Gasteiger partial charge in [-0.2, -0.15) is 0 Å². The van der Waals surface area contributed by atoms with E-state index in [2.05, 4.69) is 10.6 Å². The number of hydrogen-bond acceptors (Lipinski definition) is 7. The van der Waals surface area contributed by atoms with Crippen LogP contribution < -0.4 is 20.1 Å². The second kappa shape index (κ2) is 8.38. The standard InChI is InChI=1S/C20H18N2O6S/c23-13(14-5-6-16(28-14)18-2-1-7-29-18)10-22-20(25)19(24)21-9-12-3-4-15-17(8-12)27-11-26-15/h1-8,13,23H,9-11H2,(H,21,24)(H,22,25). The van der Waals surface area contributed by atoms with Crippen LogP contribution in [0.4, 0.5) is 0 Å². The van der Waals surface area contributed by atoms with Crippen molar-refractivity contribution in [2.75, 3.05) is 13.3 Å². The molecule has 1 aromatic carbocycles. The molecule has 1 aliphatic heterocycles. The van der Waals surface area contributed by atoms with E-state index in [0.717, 1.165) is 10.4 Å². The molecule has 0 spiro atoms. The van der Waals surface area contributed by atoms with Crippen molar-refractivity contribution in [3.8, 4) is 22.1 Å². The van der Waals surface area contributed by atoms with E-state index in [4.69, 9.17) is 13.9 Å². The van der Waals surface area contributed by atoms with Crippen molar-refractivity contribution in [2.24, 2.45) is 0 Å². The van der Waals surface area contributed by atoms with E-state index in [0.29, 0.717) is 23.0 Å². The largest absolute Gasteiger partial charge is 0.457 e. The maximum absolute atomic E-state index is 12.0. The summed E-state index contributed by atoms with van der Waals surface area (Å²) in [5.74, 6) is 0.566. The van der Waals surface area contributed by atoms with Crippen LogP contribution in [0.1, 0.15) is 17.4 Å². The summed E-state index contributed by atoms with van der Waals surface area (Å²) in [7, 11) is 0. The molecule has 3 heterocycles. The molecule has 1 unspecified atom stereocenters. The average molecular weight is 414 g/mol. The minimum atomic E-state index is -1.06. The lowest BCUT2D eigenvalue weighted by Crippen LogP contribution is -2.41. The first kappa shape index (κ1) is 19.0. The number of amides is 2. The number of carbonyl (C=O) groups is 2. The quantitative estimate of drug-likeness (QED) is 0.534. The molecule has 29 heavy (non-hydrogen) atoms. The number of ether oxygens (including phenoxy) is 2. The Balaban J connectivity index is 1.25. The number of thiophene rings is 1. The minimum absolute atomic E-state index is 0.145. The predicted octanol–water partition coefficient (Wildman–Crippen LogP) is 2.20. The molecule has 0 radical (unpaired) electrons. The monoisotopic (exact) mass is 414 g/mol. The maximum Gasteiger partial charge on any atom is 0.309 e. The highest BCUT2D eigenvalue weighted by atomic mass is 32.1. The van der Waals surface area contributed by atoms with Crippen LogP contribution in [-0.4, -0.2) is 30.3 Å². The van der Waals surface area contributed by atoms with Crippen molar-refractivity contribution in [2.45, 2.75) is 12.6 Å². The molecule has 0 aliphatic carbocycles. The van der Waals surface area contributed by atoms with Crippen LogP contribution in [0.2, 0.25) is 0 Å². The van der Waals surface area contributed by atoms with Crippen molar-refractivity contribution >= 4 is 23.2 Å². The van der Waals surface area contributed by atoms with Crippen LogP contribution in [-0.2, 0) is 16.1 Å². The fourth-order valence-corrected chi connectivity index (χ4v) is 3.45. The molecule has 9 heteroatoms. The summed E-state index contributed by atoms with van der Waals surface area (Å²) >= 11 is 1.52. The highest BCUT2D eigenvalue weighted by Gasteiger charge is 2.19. The van der Waals surface area contributed by atoms with Gasteiger partial charge in [0.05, 0.1) is 11.4 Å². The number of rotatable bonds is 6. The number of fused-ring (bicyclic) bond motifs is 1. The van der Waals surface area contributed by atoms with Gasteiger partial charge in [-0.15, -0.1) is 11.3 Å². The Morgan fingerprint density at radius 3 is 2.72 bits per heavy atom. The van der Waals surface area contributed by atoms with E-state index in [1.54, 1.807) is 30.3 Å².